The van der Waals surface area contributed by atoms with Gasteiger partial charge in [-0.1, -0.05) is 25.0 Å². The second-order valence-corrected chi connectivity index (χ2v) is 16.2. The van der Waals surface area contributed by atoms with Crippen molar-refractivity contribution < 1.29 is 28.7 Å². The number of piperidine rings is 1. The van der Waals surface area contributed by atoms with Gasteiger partial charge in [0.05, 0.1) is 22.7 Å². The Morgan fingerprint density at radius 3 is 2.45 bits per heavy atom. The van der Waals surface area contributed by atoms with Crippen molar-refractivity contribution in [2.75, 3.05) is 37.7 Å². The van der Waals surface area contributed by atoms with Crippen LogP contribution in [0.15, 0.2) is 73.2 Å². The third kappa shape index (κ3) is 7.33. The average Bonchev–Trinajstić information content (AvgIpc) is 3.64. The highest BCUT2D eigenvalue weighted by Gasteiger charge is 2.45. The molecule has 2 atom stereocenters. The summed E-state index contributed by atoms with van der Waals surface area (Å²) in [6, 6.07) is 17.4. The van der Waals surface area contributed by atoms with Gasteiger partial charge >= 0.3 is 0 Å². The smallest absolute Gasteiger partial charge is 0.262 e. The number of aromatic nitrogens is 3. The van der Waals surface area contributed by atoms with Crippen molar-refractivity contribution in [2.24, 2.45) is 7.05 Å². The van der Waals surface area contributed by atoms with Gasteiger partial charge in [0.15, 0.2) is 0 Å². The Bertz CT molecular complexity index is 2390. The van der Waals surface area contributed by atoms with E-state index in [0.29, 0.717) is 23.0 Å². The van der Waals surface area contributed by atoms with Gasteiger partial charge in [-0.2, -0.15) is 0 Å². The topological polar surface area (TPSA) is 139 Å². The molecule has 3 aliphatic heterocycles. The third-order valence-corrected chi connectivity index (χ3v) is 12.5. The summed E-state index contributed by atoms with van der Waals surface area (Å²) in [5, 5.41) is 4.61. The fourth-order valence-electron chi connectivity index (χ4n) is 9.01. The molecule has 2 saturated heterocycles. The summed E-state index contributed by atoms with van der Waals surface area (Å²) < 4.78 is 14.5. The van der Waals surface area contributed by atoms with E-state index < -0.39 is 23.8 Å². The Hall–Kier alpha value is -5.66. The molecule has 3 aromatic heterocycles. The minimum absolute atomic E-state index is 0.102. The number of fused-ring (bicyclic) bond motifs is 4. The first kappa shape index (κ1) is 37.9. The minimum Gasteiger partial charge on any atom is -0.474 e. The molecule has 300 valence electrons. The Morgan fingerprint density at radius 1 is 0.810 bits per heavy atom. The molecule has 1 saturated carbocycles. The first-order chi connectivity index (χ1) is 28.2. The van der Waals surface area contributed by atoms with Crippen LogP contribution in [0, 0.1) is 0 Å². The molecule has 2 aromatic carbocycles. The van der Waals surface area contributed by atoms with E-state index in [-0.39, 0.29) is 31.0 Å². The van der Waals surface area contributed by atoms with Gasteiger partial charge in [-0.05, 0) is 74.7 Å². The van der Waals surface area contributed by atoms with Crippen LogP contribution in [0.1, 0.15) is 79.0 Å². The maximum Gasteiger partial charge on any atom is 0.262 e. The molecule has 4 aliphatic rings. The highest BCUT2D eigenvalue weighted by atomic mass is 16.5. The zero-order valence-electron chi connectivity index (χ0n) is 33.1. The number of ether oxygens (including phenoxy) is 2. The van der Waals surface area contributed by atoms with Crippen LogP contribution in [0.4, 0.5) is 5.69 Å². The number of hydrogen-bond donors (Lipinski definition) is 1. The normalized spacial score (nSPS) is 22.4. The van der Waals surface area contributed by atoms with Gasteiger partial charge in [-0.15, -0.1) is 0 Å². The van der Waals surface area contributed by atoms with Crippen molar-refractivity contribution >= 4 is 51.1 Å². The summed E-state index contributed by atoms with van der Waals surface area (Å²) in [6.45, 7) is 6.62. The van der Waals surface area contributed by atoms with E-state index >= 15 is 0 Å². The predicted octanol–water partition coefficient (Wildman–Crippen LogP) is 5.89. The van der Waals surface area contributed by atoms with E-state index in [1.807, 2.05) is 30.7 Å². The number of carbonyl (C=O) groups is 4. The SMILES string of the molecule is CC1CN(c2ccc3c(c2)C(=O)N(C2CCC(=O)NC2=O)C3=O)CCN1CCCCCCOC1CC(Oc2ccc(-c3ccc4c5cnccc5n(C)c4c3)cn2)C1. The summed E-state index contributed by atoms with van der Waals surface area (Å²) in [6.07, 6.45) is 12.5. The zero-order chi connectivity index (χ0) is 39.9. The highest BCUT2D eigenvalue weighted by molar-refractivity contribution is 6.23. The van der Waals surface area contributed by atoms with Gasteiger partial charge < -0.3 is 18.9 Å². The molecule has 13 nitrogen and oxygen atoms in total. The average molecular weight is 784 g/mol. The Balaban J connectivity index is 0.655. The van der Waals surface area contributed by atoms with Crippen molar-refractivity contribution in [3.05, 3.63) is 84.3 Å². The molecule has 1 aliphatic carbocycles. The minimum atomic E-state index is -0.960. The number of pyridine rings is 2. The van der Waals surface area contributed by atoms with Crippen molar-refractivity contribution in [1.82, 2.24) is 29.7 Å². The maximum absolute atomic E-state index is 13.3. The second kappa shape index (κ2) is 15.9. The predicted molar refractivity (Wildman–Crippen MR) is 220 cm³/mol. The molecule has 58 heavy (non-hydrogen) atoms. The van der Waals surface area contributed by atoms with Crippen molar-refractivity contribution in [3.8, 4) is 17.0 Å². The molecule has 1 N–H and O–H groups in total. The molecule has 6 heterocycles. The van der Waals surface area contributed by atoms with Crippen molar-refractivity contribution in [2.45, 2.75) is 82.6 Å². The molecule has 2 unspecified atom stereocenters. The van der Waals surface area contributed by atoms with Crippen LogP contribution in [0.25, 0.3) is 32.9 Å². The molecule has 0 radical (unpaired) electrons. The van der Waals surface area contributed by atoms with E-state index in [1.54, 1.807) is 12.1 Å². The molecule has 13 heteroatoms. The fourth-order valence-corrected chi connectivity index (χ4v) is 9.01. The molecule has 3 fully saturated rings. The van der Waals surface area contributed by atoms with Gasteiger partial charge in [-0.25, -0.2) is 4.98 Å². The quantitative estimate of drug-likeness (QED) is 0.114. The van der Waals surface area contributed by atoms with Gasteiger partial charge in [-0.3, -0.25) is 39.3 Å². The second-order valence-electron chi connectivity index (χ2n) is 16.2. The Kier molecular flexibility index (Phi) is 10.4. The number of anilines is 1. The highest BCUT2D eigenvalue weighted by Crippen LogP contribution is 2.34. The number of imide groups is 2. The number of nitrogens with zero attached hydrogens (tertiary/aromatic N) is 6. The van der Waals surface area contributed by atoms with Crippen LogP contribution >= 0.6 is 0 Å². The summed E-state index contributed by atoms with van der Waals surface area (Å²) >= 11 is 0. The number of hydrogen-bond acceptors (Lipinski definition) is 10. The number of piperazine rings is 1. The number of aryl methyl sites for hydroxylation is 1. The molecular weight excluding hydrogens is 735 g/mol. The largest absolute Gasteiger partial charge is 0.474 e. The van der Waals surface area contributed by atoms with Crippen LogP contribution in [-0.2, 0) is 21.4 Å². The van der Waals surface area contributed by atoms with Crippen molar-refractivity contribution in [3.63, 3.8) is 0 Å². The van der Waals surface area contributed by atoms with Crippen molar-refractivity contribution in [1.29, 1.82) is 0 Å². The van der Waals surface area contributed by atoms with Crippen LogP contribution in [0.5, 0.6) is 5.88 Å². The molecule has 9 rings (SSSR count). The van der Waals surface area contributed by atoms with Crippen LogP contribution in [0.3, 0.4) is 0 Å². The number of nitrogens with one attached hydrogen (secondary N) is 1. The number of amides is 4. The lowest BCUT2D eigenvalue weighted by Crippen LogP contribution is -2.54. The summed E-state index contributed by atoms with van der Waals surface area (Å²) in [5.41, 5.74) is 6.04. The maximum atomic E-state index is 13.3. The lowest BCUT2D eigenvalue weighted by molar-refractivity contribution is -0.136. The molecule has 0 spiro atoms. The first-order valence-corrected chi connectivity index (χ1v) is 20.6. The van der Waals surface area contributed by atoms with E-state index in [0.717, 1.165) is 98.4 Å². The number of rotatable bonds is 13. The summed E-state index contributed by atoms with van der Waals surface area (Å²) in [4.78, 5) is 65.2. The van der Waals surface area contributed by atoms with Crippen LogP contribution < -0.4 is 15.0 Å². The molecule has 0 bridgehead atoms. The summed E-state index contributed by atoms with van der Waals surface area (Å²) in [7, 11) is 2.09. The number of benzene rings is 2. The third-order valence-electron chi connectivity index (χ3n) is 12.5. The van der Waals surface area contributed by atoms with Gasteiger partial charge in [0, 0.05) is 111 Å². The lowest BCUT2D eigenvalue weighted by atomic mass is 9.92. The Morgan fingerprint density at radius 2 is 1.64 bits per heavy atom. The standard InChI is InChI=1S/C45H49N7O6/c1-28-27-51(31-9-11-35-36(22-31)45(56)52(44(35)55)39-12-13-41(53)48-43(39)54)19-18-50(28)17-5-3-4-6-20-57-32-23-33(24-32)58-42-14-8-30(25-47-42)29-7-10-34-37-26-46-16-15-38(37)49(2)40(34)21-29/h7-11,14-16,21-22,25-26,28,32-33,39H,3-6,12-13,17-20,23-24,27H2,1-2H3,(H,48,53,54). The van der Waals surface area contributed by atoms with Crippen LogP contribution in [0.2, 0.25) is 0 Å². The van der Waals surface area contributed by atoms with Gasteiger partial charge in [0.25, 0.3) is 11.8 Å². The van der Waals surface area contributed by atoms with Crippen LogP contribution in [-0.4, -0.2) is 105 Å². The monoisotopic (exact) mass is 783 g/mol. The van der Waals surface area contributed by atoms with E-state index in [9.17, 15) is 19.2 Å². The van der Waals surface area contributed by atoms with E-state index in [2.05, 4.69) is 74.0 Å². The van der Waals surface area contributed by atoms with E-state index in [4.69, 9.17) is 9.47 Å². The fraction of sp³-hybridized carbons (Fsp3) is 0.422. The lowest BCUT2D eigenvalue weighted by Gasteiger charge is -2.41. The Labute approximate surface area is 337 Å². The molecule has 5 aromatic rings. The number of unbranched alkanes of at least 4 members (excludes halogenated alkanes) is 3. The van der Waals surface area contributed by atoms with E-state index in [1.165, 1.54) is 16.4 Å². The van der Waals surface area contributed by atoms with Gasteiger partial charge in [0.2, 0.25) is 17.7 Å². The first-order valence-electron chi connectivity index (χ1n) is 20.6. The molecular formula is C45H49N7O6. The van der Waals surface area contributed by atoms with Gasteiger partial charge in [0.1, 0.15) is 12.1 Å². The zero-order valence-corrected chi connectivity index (χ0v) is 33.1. The number of carbonyl (C=O) groups excluding carboxylic acids is 4. The summed E-state index contributed by atoms with van der Waals surface area (Å²) in [5.74, 6) is -1.28. The molecule has 4 amide bonds.